The number of nitrogens with zero attached hydrogens (tertiary/aromatic N) is 3. The molecule has 28 heavy (non-hydrogen) atoms. The number of hydrogen-bond donors (Lipinski definition) is 0. The van der Waals surface area contributed by atoms with Crippen LogP contribution in [0.25, 0.3) is 11.4 Å². The average Bonchev–Trinajstić information content (AvgIpc) is 3.24. The first kappa shape index (κ1) is 18.2. The number of piperidine rings is 1. The second-order valence-corrected chi connectivity index (χ2v) is 6.76. The van der Waals surface area contributed by atoms with Crippen LogP contribution in [0.3, 0.4) is 0 Å². The molecule has 1 saturated heterocycles. The van der Waals surface area contributed by atoms with Crippen molar-refractivity contribution in [3.05, 3.63) is 65.8 Å². The summed E-state index contributed by atoms with van der Waals surface area (Å²) in [4.78, 5) is 18.9. The number of hydrogen-bond acceptors (Lipinski definition) is 5. The Morgan fingerprint density at radius 2 is 1.79 bits per heavy atom. The Hall–Kier alpha value is -3.22. The number of amides is 1. The van der Waals surface area contributed by atoms with Crippen molar-refractivity contribution in [1.29, 1.82) is 0 Å². The Labute approximate surface area is 161 Å². The van der Waals surface area contributed by atoms with E-state index in [4.69, 9.17) is 9.26 Å². The fourth-order valence-electron chi connectivity index (χ4n) is 3.36. The van der Waals surface area contributed by atoms with Gasteiger partial charge in [0, 0.05) is 30.1 Å². The van der Waals surface area contributed by atoms with Crippen molar-refractivity contribution < 1.29 is 18.4 Å². The zero-order chi connectivity index (χ0) is 19.5. The van der Waals surface area contributed by atoms with E-state index in [1.165, 1.54) is 24.3 Å². The summed E-state index contributed by atoms with van der Waals surface area (Å²) < 4.78 is 23.7. The van der Waals surface area contributed by atoms with E-state index in [9.17, 15) is 9.18 Å². The predicted molar refractivity (Wildman–Crippen MR) is 101 cm³/mol. The van der Waals surface area contributed by atoms with E-state index in [1.54, 1.807) is 12.0 Å². The highest BCUT2D eigenvalue weighted by molar-refractivity contribution is 5.94. The third-order valence-electron chi connectivity index (χ3n) is 5.01. The molecule has 0 aliphatic carbocycles. The zero-order valence-electron chi connectivity index (χ0n) is 15.5. The van der Waals surface area contributed by atoms with Crippen LogP contribution in [0.4, 0.5) is 4.39 Å². The van der Waals surface area contributed by atoms with Gasteiger partial charge in [0.05, 0.1) is 7.11 Å². The number of methoxy groups -OCH3 is 1. The molecule has 1 aliphatic rings. The van der Waals surface area contributed by atoms with Gasteiger partial charge in [-0.3, -0.25) is 4.79 Å². The van der Waals surface area contributed by atoms with E-state index in [-0.39, 0.29) is 17.6 Å². The van der Waals surface area contributed by atoms with Crippen LogP contribution >= 0.6 is 0 Å². The zero-order valence-corrected chi connectivity index (χ0v) is 15.5. The van der Waals surface area contributed by atoms with E-state index < -0.39 is 0 Å². The minimum absolute atomic E-state index is 0.0806. The van der Waals surface area contributed by atoms with Crippen molar-refractivity contribution in [3.8, 4) is 17.1 Å². The van der Waals surface area contributed by atoms with Gasteiger partial charge in [-0.1, -0.05) is 5.16 Å². The summed E-state index contributed by atoms with van der Waals surface area (Å²) >= 11 is 0. The molecule has 0 N–H and O–H groups in total. The van der Waals surface area contributed by atoms with Gasteiger partial charge in [-0.2, -0.15) is 4.98 Å². The van der Waals surface area contributed by atoms with Crippen LogP contribution in [0.5, 0.6) is 5.75 Å². The fraction of sp³-hybridized carbons (Fsp3) is 0.286. The number of carbonyl (C=O) groups excluding carboxylic acids is 1. The third kappa shape index (κ3) is 3.74. The van der Waals surface area contributed by atoms with Crippen LogP contribution < -0.4 is 4.74 Å². The molecular weight excluding hydrogens is 361 g/mol. The number of benzene rings is 2. The fourth-order valence-corrected chi connectivity index (χ4v) is 3.36. The smallest absolute Gasteiger partial charge is 0.253 e. The number of carbonyl (C=O) groups is 1. The van der Waals surface area contributed by atoms with Gasteiger partial charge in [0.25, 0.3) is 5.91 Å². The molecule has 1 aromatic heterocycles. The topological polar surface area (TPSA) is 68.5 Å². The van der Waals surface area contributed by atoms with Gasteiger partial charge >= 0.3 is 0 Å². The molecule has 3 aromatic rings. The Kier molecular flexibility index (Phi) is 5.06. The largest absolute Gasteiger partial charge is 0.497 e. The Bertz CT molecular complexity index is 946. The number of rotatable bonds is 4. The lowest BCUT2D eigenvalue weighted by Crippen LogP contribution is -2.38. The minimum atomic E-state index is -0.348. The van der Waals surface area contributed by atoms with Crippen LogP contribution in [0.2, 0.25) is 0 Å². The molecule has 0 bridgehead atoms. The maximum absolute atomic E-state index is 13.0. The Morgan fingerprint density at radius 1 is 1.11 bits per heavy atom. The summed E-state index contributed by atoms with van der Waals surface area (Å²) in [7, 11) is 1.62. The quantitative estimate of drug-likeness (QED) is 0.686. The van der Waals surface area contributed by atoms with Crippen LogP contribution in [0.1, 0.15) is 35.0 Å². The van der Waals surface area contributed by atoms with Gasteiger partial charge in [0.1, 0.15) is 11.6 Å². The lowest BCUT2D eigenvalue weighted by Gasteiger charge is -2.30. The molecule has 7 heteroatoms. The van der Waals surface area contributed by atoms with Gasteiger partial charge in [-0.05, 0) is 61.4 Å². The van der Waals surface area contributed by atoms with E-state index in [0.29, 0.717) is 30.4 Å². The van der Waals surface area contributed by atoms with Crippen molar-refractivity contribution in [2.75, 3.05) is 20.2 Å². The van der Waals surface area contributed by atoms with Crippen molar-refractivity contribution in [1.82, 2.24) is 15.0 Å². The third-order valence-corrected chi connectivity index (χ3v) is 5.01. The summed E-state index contributed by atoms with van der Waals surface area (Å²) in [6.07, 6.45) is 1.49. The van der Waals surface area contributed by atoms with Crippen molar-refractivity contribution >= 4 is 5.91 Å². The highest BCUT2D eigenvalue weighted by atomic mass is 19.1. The molecular formula is C21H20FN3O3. The molecule has 2 heterocycles. The second-order valence-electron chi connectivity index (χ2n) is 6.76. The molecule has 0 radical (unpaired) electrons. The molecule has 144 valence electrons. The molecule has 0 atom stereocenters. The van der Waals surface area contributed by atoms with Crippen LogP contribution in [-0.4, -0.2) is 41.1 Å². The first-order valence-corrected chi connectivity index (χ1v) is 9.17. The molecule has 6 nitrogen and oxygen atoms in total. The molecule has 0 saturated carbocycles. The monoisotopic (exact) mass is 381 g/mol. The van der Waals surface area contributed by atoms with Crippen molar-refractivity contribution in [3.63, 3.8) is 0 Å². The minimum Gasteiger partial charge on any atom is -0.497 e. The van der Waals surface area contributed by atoms with E-state index in [0.717, 1.165) is 24.2 Å². The van der Waals surface area contributed by atoms with Crippen molar-refractivity contribution in [2.24, 2.45) is 0 Å². The Balaban J connectivity index is 1.39. The predicted octanol–water partition coefficient (Wildman–Crippen LogP) is 3.90. The summed E-state index contributed by atoms with van der Waals surface area (Å²) in [6, 6.07) is 13.1. The van der Waals surface area contributed by atoms with Gasteiger partial charge < -0.3 is 14.2 Å². The number of likely N-dealkylation sites (tertiary alicyclic amines) is 1. The SMILES string of the molecule is COc1ccc(-c2noc(C3CCN(C(=O)c4ccc(F)cc4)CC3)n2)cc1. The molecule has 4 rings (SSSR count). The molecule has 1 amide bonds. The van der Waals surface area contributed by atoms with Gasteiger partial charge in [0.15, 0.2) is 0 Å². The molecule has 1 aliphatic heterocycles. The normalized spacial score (nSPS) is 14.9. The maximum atomic E-state index is 13.0. The standard InChI is InChI=1S/C21H20FN3O3/c1-27-18-8-4-14(5-9-18)19-23-20(28-24-19)15-10-12-25(13-11-15)21(26)16-2-6-17(22)7-3-16/h2-9,15H,10-13H2,1H3. The van der Waals surface area contributed by atoms with Gasteiger partial charge in [-0.15, -0.1) is 0 Å². The summed E-state index contributed by atoms with van der Waals surface area (Å²) in [5, 5.41) is 4.08. The second kappa shape index (κ2) is 7.80. The molecule has 0 spiro atoms. The van der Waals surface area contributed by atoms with Gasteiger partial charge in [-0.25, -0.2) is 4.39 Å². The Morgan fingerprint density at radius 3 is 2.43 bits per heavy atom. The molecule has 2 aromatic carbocycles. The summed E-state index contributed by atoms with van der Waals surface area (Å²) in [5.41, 5.74) is 1.36. The maximum Gasteiger partial charge on any atom is 0.253 e. The number of aromatic nitrogens is 2. The lowest BCUT2D eigenvalue weighted by molar-refractivity contribution is 0.0704. The van der Waals surface area contributed by atoms with E-state index >= 15 is 0 Å². The van der Waals surface area contributed by atoms with E-state index in [1.807, 2.05) is 24.3 Å². The van der Waals surface area contributed by atoms with Crippen LogP contribution in [-0.2, 0) is 0 Å². The summed E-state index contributed by atoms with van der Waals surface area (Å²) in [6.45, 7) is 1.20. The van der Waals surface area contributed by atoms with E-state index in [2.05, 4.69) is 10.1 Å². The summed E-state index contributed by atoms with van der Waals surface area (Å²) in [5.74, 6) is 1.60. The van der Waals surface area contributed by atoms with Gasteiger partial charge in [0.2, 0.25) is 11.7 Å². The number of halogens is 1. The lowest BCUT2D eigenvalue weighted by atomic mass is 9.96. The van der Waals surface area contributed by atoms with Crippen LogP contribution in [0.15, 0.2) is 53.1 Å². The first-order chi connectivity index (χ1) is 13.6. The molecule has 0 unspecified atom stereocenters. The first-order valence-electron chi connectivity index (χ1n) is 9.17. The van der Waals surface area contributed by atoms with Crippen LogP contribution in [0, 0.1) is 5.82 Å². The molecule has 1 fully saturated rings. The highest BCUT2D eigenvalue weighted by Crippen LogP contribution is 2.29. The average molecular weight is 381 g/mol. The number of ether oxygens (including phenoxy) is 1. The highest BCUT2D eigenvalue weighted by Gasteiger charge is 2.28. The van der Waals surface area contributed by atoms with Crippen molar-refractivity contribution in [2.45, 2.75) is 18.8 Å².